The fourth-order valence-corrected chi connectivity index (χ4v) is 4.25. The Bertz CT molecular complexity index is 824. The van der Waals surface area contributed by atoms with Gasteiger partial charge in [0.2, 0.25) is 5.60 Å². The van der Waals surface area contributed by atoms with Crippen molar-refractivity contribution in [3.05, 3.63) is 70.8 Å². The van der Waals surface area contributed by atoms with Crippen molar-refractivity contribution >= 4 is 18.1 Å². The van der Waals surface area contributed by atoms with Crippen molar-refractivity contribution in [1.82, 2.24) is 0 Å². The third kappa shape index (κ3) is 3.20. The lowest BCUT2D eigenvalue weighted by Gasteiger charge is -2.33. The van der Waals surface area contributed by atoms with Gasteiger partial charge in [-0.3, -0.25) is 0 Å². The number of hydrogen-bond acceptors (Lipinski definition) is 3. The summed E-state index contributed by atoms with van der Waals surface area (Å²) in [4.78, 5) is 14.8. The Balaban J connectivity index is 1.74. The van der Waals surface area contributed by atoms with Crippen molar-refractivity contribution in [3.8, 4) is 0 Å². The number of carbonyl (C=O) groups is 1. The molecule has 2 N–H and O–H groups in total. The second-order valence-electron chi connectivity index (χ2n) is 7.45. The van der Waals surface area contributed by atoms with E-state index in [1.807, 2.05) is 60.7 Å². The Morgan fingerprint density at radius 1 is 1.11 bits per heavy atom. The van der Waals surface area contributed by atoms with E-state index < -0.39 is 11.6 Å². The van der Waals surface area contributed by atoms with Crippen LogP contribution in [0.5, 0.6) is 0 Å². The number of piperidine rings is 1. The standard InChI is InChI=1S/C23H25NO3/c1-2-24-15-7-10-19(16-24)27-22(25)23(26)20-11-5-3-8-17(20)13-14-18-9-4-6-12-21(18)23/h3-6,8-9,11-14,19,26H,2,7,10,15-16H2,1H3/p+1/t19-/m1/s1. The monoisotopic (exact) mass is 364 g/mol. The van der Waals surface area contributed by atoms with E-state index in [9.17, 15) is 9.90 Å². The van der Waals surface area contributed by atoms with Crippen molar-refractivity contribution in [1.29, 1.82) is 0 Å². The molecule has 2 aromatic rings. The minimum Gasteiger partial charge on any atom is -0.454 e. The van der Waals surface area contributed by atoms with Gasteiger partial charge in [-0.25, -0.2) is 4.79 Å². The molecule has 1 unspecified atom stereocenters. The smallest absolute Gasteiger partial charge is 0.348 e. The highest BCUT2D eigenvalue weighted by atomic mass is 16.6. The second-order valence-corrected chi connectivity index (χ2v) is 7.45. The molecule has 2 aliphatic rings. The van der Waals surface area contributed by atoms with Crippen LogP contribution >= 0.6 is 0 Å². The molecule has 4 rings (SSSR count). The van der Waals surface area contributed by atoms with E-state index in [0.717, 1.165) is 43.6 Å². The highest BCUT2D eigenvalue weighted by molar-refractivity contribution is 5.91. The number of aliphatic hydroxyl groups is 1. The van der Waals surface area contributed by atoms with Gasteiger partial charge in [0.1, 0.15) is 6.54 Å². The van der Waals surface area contributed by atoms with Gasteiger partial charge in [-0.2, -0.15) is 0 Å². The lowest BCUT2D eigenvalue weighted by Crippen LogP contribution is -3.13. The van der Waals surface area contributed by atoms with Gasteiger partial charge in [-0.15, -0.1) is 0 Å². The highest BCUT2D eigenvalue weighted by Crippen LogP contribution is 2.39. The zero-order valence-electron chi connectivity index (χ0n) is 15.7. The first kappa shape index (κ1) is 18.0. The SMILES string of the molecule is CC[NH+]1CCC[C@@H](OC(=O)C2(O)c3ccccc3C=Cc3ccccc32)C1. The third-order valence-corrected chi connectivity index (χ3v) is 5.79. The number of hydrogen-bond donors (Lipinski definition) is 2. The predicted molar refractivity (Wildman–Crippen MR) is 105 cm³/mol. The third-order valence-electron chi connectivity index (χ3n) is 5.79. The predicted octanol–water partition coefficient (Wildman–Crippen LogP) is 2.02. The van der Waals surface area contributed by atoms with Crippen LogP contribution in [-0.2, 0) is 15.1 Å². The van der Waals surface area contributed by atoms with Crippen LogP contribution in [0.3, 0.4) is 0 Å². The molecule has 4 nitrogen and oxygen atoms in total. The maximum atomic E-state index is 13.4. The van der Waals surface area contributed by atoms with E-state index in [-0.39, 0.29) is 6.10 Å². The summed E-state index contributed by atoms with van der Waals surface area (Å²) in [5.41, 5.74) is 1.01. The molecule has 2 aromatic carbocycles. The molecule has 0 saturated carbocycles. The van der Waals surface area contributed by atoms with Crippen LogP contribution in [0.2, 0.25) is 0 Å². The molecule has 1 aliphatic carbocycles. The van der Waals surface area contributed by atoms with Crippen LogP contribution in [0, 0.1) is 0 Å². The van der Waals surface area contributed by atoms with Gasteiger partial charge in [-0.1, -0.05) is 60.7 Å². The maximum Gasteiger partial charge on any atom is 0.348 e. The van der Waals surface area contributed by atoms with Crippen LogP contribution in [-0.4, -0.2) is 36.8 Å². The van der Waals surface area contributed by atoms with Gasteiger partial charge in [0, 0.05) is 17.5 Å². The van der Waals surface area contributed by atoms with Crippen LogP contribution in [0.4, 0.5) is 0 Å². The van der Waals surface area contributed by atoms with E-state index in [1.165, 1.54) is 4.90 Å². The van der Waals surface area contributed by atoms with Gasteiger partial charge >= 0.3 is 5.97 Å². The molecule has 0 bridgehead atoms. The quantitative estimate of drug-likeness (QED) is 0.820. The number of likely N-dealkylation sites (N-methyl/N-ethyl adjacent to an activating group) is 1. The first-order valence-electron chi connectivity index (χ1n) is 9.77. The summed E-state index contributed by atoms with van der Waals surface area (Å²) in [5, 5.41) is 11.8. The number of quaternary nitrogens is 1. The average Bonchev–Trinajstić information content (AvgIpc) is 2.84. The molecule has 27 heavy (non-hydrogen) atoms. The first-order chi connectivity index (χ1) is 13.1. The zero-order valence-corrected chi connectivity index (χ0v) is 15.7. The summed E-state index contributed by atoms with van der Waals surface area (Å²) in [6.07, 6.45) is 5.63. The van der Waals surface area contributed by atoms with Crippen LogP contribution in [0.1, 0.15) is 42.0 Å². The lowest BCUT2D eigenvalue weighted by atomic mass is 9.83. The zero-order chi connectivity index (χ0) is 18.9. The maximum absolute atomic E-state index is 13.4. The summed E-state index contributed by atoms with van der Waals surface area (Å²) in [5.74, 6) is -0.576. The van der Waals surface area contributed by atoms with E-state index in [4.69, 9.17) is 4.74 Å². The van der Waals surface area contributed by atoms with Crippen LogP contribution < -0.4 is 4.90 Å². The minimum atomic E-state index is -1.81. The molecule has 140 valence electrons. The molecule has 0 aromatic heterocycles. The van der Waals surface area contributed by atoms with E-state index >= 15 is 0 Å². The molecule has 1 fully saturated rings. The van der Waals surface area contributed by atoms with Gasteiger partial charge in [0.25, 0.3) is 0 Å². The average molecular weight is 364 g/mol. The number of nitrogens with one attached hydrogen (secondary N) is 1. The first-order valence-corrected chi connectivity index (χ1v) is 9.77. The van der Waals surface area contributed by atoms with Gasteiger partial charge in [-0.05, 0) is 24.5 Å². The molecular formula is C23H26NO3+. The topological polar surface area (TPSA) is 51.0 Å². The Hall–Kier alpha value is -2.43. The van der Waals surface area contributed by atoms with Gasteiger partial charge < -0.3 is 14.7 Å². The fourth-order valence-electron chi connectivity index (χ4n) is 4.25. The number of fused-ring (bicyclic) bond motifs is 2. The largest absolute Gasteiger partial charge is 0.454 e. The summed E-state index contributed by atoms with van der Waals surface area (Å²) in [6, 6.07) is 15.0. The number of benzene rings is 2. The molecule has 0 spiro atoms. The fraction of sp³-hybridized carbons (Fsp3) is 0.348. The summed E-state index contributed by atoms with van der Waals surface area (Å²) in [7, 11) is 0. The van der Waals surface area contributed by atoms with E-state index in [1.54, 1.807) is 0 Å². The summed E-state index contributed by atoms with van der Waals surface area (Å²) >= 11 is 0. The van der Waals surface area contributed by atoms with Crippen LogP contribution in [0.25, 0.3) is 12.2 Å². The highest BCUT2D eigenvalue weighted by Gasteiger charge is 2.46. The lowest BCUT2D eigenvalue weighted by molar-refractivity contribution is -0.906. The second kappa shape index (κ2) is 7.29. The van der Waals surface area contributed by atoms with E-state index in [2.05, 4.69) is 6.92 Å². The number of ether oxygens (including phenoxy) is 1. The normalized spacial score (nSPS) is 23.0. The van der Waals surface area contributed by atoms with Crippen molar-refractivity contribution in [2.24, 2.45) is 0 Å². The number of esters is 1. The van der Waals surface area contributed by atoms with Crippen molar-refractivity contribution < 1.29 is 19.5 Å². The van der Waals surface area contributed by atoms with Crippen molar-refractivity contribution in [3.63, 3.8) is 0 Å². The van der Waals surface area contributed by atoms with Crippen molar-refractivity contribution in [2.45, 2.75) is 31.5 Å². The molecule has 0 radical (unpaired) electrons. The molecule has 4 heteroatoms. The summed E-state index contributed by atoms with van der Waals surface area (Å²) in [6.45, 7) is 5.09. The molecular weight excluding hydrogens is 338 g/mol. The molecule has 2 atom stereocenters. The number of carbonyl (C=O) groups excluding carboxylic acids is 1. The van der Waals surface area contributed by atoms with E-state index in [0.29, 0.717) is 11.1 Å². The van der Waals surface area contributed by atoms with Crippen LogP contribution in [0.15, 0.2) is 48.5 Å². The molecule has 1 heterocycles. The van der Waals surface area contributed by atoms with Crippen molar-refractivity contribution in [2.75, 3.05) is 19.6 Å². The Labute approximate surface area is 160 Å². The molecule has 0 amide bonds. The molecule has 1 aliphatic heterocycles. The molecule has 1 saturated heterocycles. The van der Waals surface area contributed by atoms with Gasteiger partial charge in [0.15, 0.2) is 6.10 Å². The van der Waals surface area contributed by atoms with Gasteiger partial charge in [0.05, 0.1) is 13.1 Å². The summed E-state index contributed by atoms with van der Waals surface area (Å²) < 4.78 is 5.90. The Morgan fingerprint density at radius 3 is 2.30 bits per heavy atom. The minimum absolute atomic E-state index is 0.152. The Morgan fingerprint density at radius 2 is 1.70 bits per heavy atom. The number of likely N-dealkylation sites (tertiary alicyclic amines) is 1. The Kier molecular flexibility index (Phi) is 4.85. The number of rotatable bonds is 3.